The molecular formula is C18H21NO4. The zero-order valence-electron chi connectivity index (χ0n) is 13.8. The molecule has 1 amide bonds. The fraction of sp³-hybridized carbons (Fsp3) is 0.278. The second-order valence-corrected chi connectivity index (χ2v) is 5.12. The van der Waals surface area contributed by atoms with Crippen molar-refractivity contribution in [2.75, 3.05) is 26.1 Å². The molecule has 0 heterocycles. The summed E-state index contributed by atoms with van der Waals surface area (Å²) < 4.78 is 16.0. The minimum atomic E-state index is -0.233. The first-order chi connectivity index (χ1) is 11.0. The average Bonchev–Trinajstić information content (AvgIpc) is 2.56. The zero-order chi connectivity index (χ0) is 16.8. The molecule has 122 valence electrons. The van der Waals surface area contributed by atoms with E-state index in [-0.39, 0.29) is 12.5 Å². The Balaban J connectivity index is 2.01. The normalized spacial score (nSPS) is 10.1. The number of methoxy groups -OCH3 is 2. The highest BCUT2D eigenvalue weighted by Gasteiger charge is 2.10. The molecule has 5 heteroatoms. The Morgan fingerprint density at radius 1 is 0.957 bits per heavy atom. The lowest BCUT2D eigenvalue weighted by Gasteiger charge is -2.13. The van der Waals surface area contributed by atoms with Gasteiger partial charge in [-0.1, -0.05) is 12.1 Å². The first-order valence-corrected chi connectivity index (χ1v) is 7.26. The third kappa shape index (κ3) is 4.16. The second kappa shape index (κ2) is 7.54. The molecule has 0 unspecified atom stereocenters. The number of hydrogen-bond donors (Lipinski definition) is 1. The SMILES string of the molecule is COc1cc(C)c(NC(=O)COc2ccccc2OC)cc1C. The van der Waals surface area contributed by atoms with Gasteiger partial charge in [0, 0.05) is 5.69 Å². The van der Waals surface area contributed by atoms with Crippen LogP contribution in [0.15, 0.2) is 36.4 Å². The number of para-hydroxylation sites is 2. The van der Waals surface area contributed by atoms with Gasteiger partial charge in [-0.3, -0.25) is 4.79 Å². The second-order valence-electron chi connectivity index (χ2n) is 5.12. The highest BCUT2D eigenvalue weighted by Crippen LogP contribution is 2.27. The Bertz CT molecular complexity index is 697. The van der Waals surface area contributed by atoms with E-state index in [1.807, 2.05) is 38.1 Å². The van der Waals surface area contributed by atoms with Gasteiger partial charge in [-0.2, -0.15) is 0 Å². The number of anilines is 1. The number of hydrogen-bond acceptors (Lipinski definition) is 4. The molecule has 0 fully saturated rings. The summed E-state index contributed by atoms with van der Waals surface area (Å²) in [6, 6.07) is 11.0. The van der Waals surface area contributed by atoms with Gasteiger partial charge in [0.05, 0.1) is 14.2 Å². The topological polar surface area (TPSA) is 56.8 Å². The number of carbonyl (C=O) groups is 1. The predicted octanol–water partition coefficient (Wildman–Crippen LogP) is 3.34. The number of nitrogens with one attached hydrogen (secondary N) is 1. The van der Waals surface area contributed by atoms with Crippen molar-refractivity contribution >= 4 is 11.6 Å². The molecule has 23 heavy (non-hydrogen) atoms. The van der Waals surface area contributed by atoms with Crippen LogP contribution in [0, 0.1) is 13.8 Å². The number of amides is 1. The fourth-order valence-electron chi connectivity index (χ4n) is 2.21. The van der Waals surface area contributed by atoms with Gasteiger partial charge < -0.3 is 19.5 Å². The Kier molecular flexibility index (Phi) is 5.46. The Morgan fingerprint density at radius 3 is 2.26 bits per heavy atom. The number of aryl methyl sites for hydroxylation is 2. The molecule has 0 spiro atoms. The minimum absolute atomic E-state index is 0.0924. The molecule has 0 radical (unpaired) electrons. The van der Waals surface area contributed by atoms with Gasteiger partial charge in [-0.25, -0.2) is 0 Å². The largest absolute Gasteiger partial charge is 0.496 e. The molecule has 0 aliphatic rings. The number of carbonyl (C=O) groups excluding carboxylic acids is 1. The summed E-state index contributed by atoms with van der Waals surface area (Å²) in [5, 5.41) is 2.85. The molecule has 1 N–H and O–H groups in total. The van der Waals surface area contributed by atoms with Crippen LogP contribution in [0.25, 0.3) is 0 Å². The number of benzene rings is 2. The molecule has 0 bridgehead atoms. The van der Waals surface area contributed by atoms with Crippen LogP contribution >= 0.6 is 0 Å². The van der Waals surface area contributed by atoms with Gasteiger partial charge in [0.15, 0.2) is 18.1 Å². The van der Waals surface area contributed by atoms with E-state index in [1.165, 1.54) is 0 Å². The summed E-state index contributed by atoms with van der Waals surface area (Å²) in [6.07, 6.45) is 0. The van der Waals surface area contributed by atoms with Crippen molar-refractivity contribution in [3.05, 3.63) is 47.5 Å². The Hall–Kier alpha value is -2.69. The summed E-state index contributed by atoms with van der Waals surface area (Å²) in [7, 11) is 3.19. The number of ether oxygens (including phenoxy) is 3. The van der Waals surface area contributed by atoms with E-state index in [9.17, 15) is 4.79 Å². The highest BCUT2D eigenvalue weighted by molar-refractivity contribution is 5.92. The third-order valence-electron chi connectivity index (χ3n) is 3.44. The molecule has 2 aromatic carbocycles. The lowest BCUT2D eigenvalue weighted by Crippen LogP contribution is -2.21. The Labute approximate surface area is 136 Å². The summed E-state index contributed by atoms with van der Waals surface area (Å²) in [4.78, 5) is 12.1. The lowest BCUT2D eigenvalue weighted by molar-refractivity contribution is -0.118. The van der Waals surface area contributed by atoms with Crippen molar-refractivity contribution in [2.24, 2.45) is 0 Å². The summed E-state index contributed by atoms with van der Waals surface area (Å²) >= 11 is 0. The maximum absolute atomic E-state index is 12.1. The van der Waals surface area contributed by atoms with Crippen LogP contribution in [-0.2, 0) is 4.79 Å². The van der Waals surface area contributed by atoms with Crippen molar-refractivity contribution in [3.63, 3.8) is 0 Å². The quantitative estimate of drug-likeness (QED) is 0.888. The van der Waals surface area contributed by atoms with Crippen molar-refractivity contribution in [3.8, 4) is 17.2 Å². The molecule has 0 aliphatic heterocycles. The van der Waals surface area contributed by atoms with E-state index in [0.29, 0.717) is 11.5 Å². The van der Waals surface area contributed by atoms with Crippen LogP contribution in [0.1, 0.15) is 11.1 Å². The van der Waals surface area contributed by atoms with Crippen molar-refractivity contribution in [2.45, 2.75) is 13.8 Å². The fourth-order valence-corrected chi connectivity index (χ4v) is 2.21. The Morgan fingerprint density at radius 2 is 1.61 bits per heavy atom. The summed E-state index contributed by atoms with van der Waals surface area (Å²) in [6.45, 7) is 3.75. The van der Waals surface area contributed by atoms with E-state index < -0.39 is 0 Å². The van der Waals surface area contributed by atoms with Crippen molar-refractivity contribution in [1.29, 1.82) is 0 Å². The van der Waals surface area contributed by atoms with Crippen LogP contribution in [0.5, 0.6) is 17.2 Å². The van der Waals surface area contributed by atoms with Crippen LogP contribution in [0.3, 0.4) is 0 Å². The summed E-state index contributed by atoms with van der Waals surface area (Å²) in [5.41, 5.74) is 2.63. The van der Waals surface area contributed by atoms with Gasteiger partial charge >= 0.3 is 0 Å². The zero-order valence-corrected chi connectivity index (χ0v) is 13.8. The van der Waals surface area contributed by atoms with E-state index in [1.54, 1.807) is 26.4 Å². The van der Waals surface area contributed by atoms with Crippen molar-refractivity contribution < 1.29 is 19.0 Å². The van der Waals surface area contributed by atoms with Gasteiger partial charge in [-0.05, 0) is 49.2 Å². The van der Waals surface area contributed by atoms with E-state index in [2.05, 4.69) is 5.32 Å². The molecule has 0 aromatic heterocycles. The molecule has 0 aliphatic carbocycles. The molecule has 2 rings (SSSR count). The van der Waals surface area contributed by atoms with Crippen LogP contribution < -0.4 is 19.5 Å². The van der Waals surface area contributed by atoms with Gasteiger partial charge in [0.1, 0.15) is 5.75 Å². The van der Waals surface area contributed by atoms with Crippen LogP contribution in [0.4, 0.5) is 5.69 Å². The van der Waals surface area contributed by atoms with Gasteiger partial charge in [0.25, 0.3) is 5.91 Å². The molecule has 0 saturated heterocycles. The highest BCUT2D eigenvalue weighted by atomic mass is 16.5. The number of rotatable bonds is 6. The predicted molar refractivity (Wildman–Crippen MR) is 89.6 cm³/mol. The molecule has 0 atom stereocenters. The third-order valence-corrected chi connectivity index (χ3v) is 3.44. The monoisotopic (exact) mass is 315 g/mol. The van der Waals surface area contributed by atoms with Gasteiger partial charge in [-0.15, -0.1) is 0 Å². The van der Waals surface area contributed by atoms with E-state index >= 15 is 0 Å². The smallest absolute Gasteiger partial charge is 0.262 e. The molecule has 5 nitrogen and oxygen atoms in total. The van der Waals surface area contributed by atoms with Gasteiger partial charge in [0.2, 0.25) is 0 Å². The van der Waals surface area contributed by atoms with Crippen molar-refractivity contribution in [1.82, 2.24) is 0 Å². The maximum atomic E-state index is 12.1. The maximum Gasteiger partial charge on any atom is 0.262 e. The van der Waals surface area contributed by atoms with Crippen LogP contribution in [-0.4, -0.2) is 26.7 Å². The van der Waals surface area contributed by atoms with Crippen LogP contribution in [0.2, 0.25) is 0 Å². The first-order valence-electron chi connectivity index (χ1n) is 7.26. The first kappa shape index (κ1) is 16.7. The lowest BCUT2D eigenvalue weighted by atomic mass is 10.1. The molecule has 2 aromatic rings. The van der Waals surface area contributed by atoms with E-state index in [0.717, 1.165) is 22.6 Å². The van der Waals surface area contributed by atoms with E-state index in [4.69, 9.17) is 14.2 Å². The minimum Gasteiger partial charge on any atom is -0.496 e. The molecular weight excluding hydrogens is 294 g/mol. The average molecular weight is 315 g/mol. The standard InChI is InChI=1S/C18H21NO4/c1-12-10-17(22-4)13(2)9-14(12)19-18(20)11-23-16-8-6-5-7-15(16)21-3/h5-10H,11H2,1-4H3,(H,19,20). The summed E-state index contributed by atoms with van der Waals surface area (Å²) in [5.74, 6) is 1.69. The molecule has 0 saturated carbocycles.